The van der Waals surface area contributed by atoms with Gasteiger partial charge in [0.15, 0.2) is 0 Å². The summed E-state index contributed by atoms with van der Waals surface area (Å²) in [7, 11) is -2.32. The molecule has 0 saturated heterocycles. The first-order valence-corrected chi connectivity index (χ1v) is 9.85. The Morgan fingerprint density at radius 3 is 2.29 bits per heavy atom. The average molecular weight is 398 g/mol. The van der Waals surface area contributed by atoms with E-state index in [0.29, 0.717) is 17.9 Å². The van der Waals surface area contributed by atoms with Crippen LogP contribution >= 0.6 is 0 Å². The number of hydrogen-bond donors (Lipinski definition) is 1. The van der Waals surface area contributed by atoms with Crippen molar-refractivity contribution in [3.05, 3.63) is 94.0 Å². The van der Waals surface area contributed by atoms with Crippen LogP contribution in [0, 0.1) is 10.1 Å². The summed E-state index contributed by atoms with van der Waals surface area (Å²) in [6.45, 7) is 0. The third-order valence-electron chi connectivity index (χ3n) is 4.13. The van der Waals surface area contributed by atoms with Gasteiger partial charge in [-0.25, -0.2) is 8.42 Å². The van der Waals surface area contributed by atoms with Crippen molar-refractivity contribution < 1.29 is 18.1 Å². The number of nitrogens with zero attached hydrogens (tertiary/aromatic N) is 1. The summed E-state index contributed by atoms with van der Waals surface area (Å²) in [5, 5.41) is 10.7. The van der Waals surface area contributed by atoms with E-state index >= 15 is 0 Å². The molecular weight excluding hydrogens is 380 g/mol. The molecule has 0 amide bonds. The summed E-state index contributed by atoms with van der Waals surface area (Å²) in [4.78, 5) is 10.1. The van der Waals surface area contributed by atoms with Crippen molar-refractivity contribution in [1.82, 2.24) is 0 Å². The maximum absolute atomic E-state index is 12.6. The summed E-state index contributed by atoms with van der Waals surface area (Å²) in [5.74, 6) is 0.655. The second-order valence-electron chi connectivity index (χ2n) is 6.05. The van der Waals surface area contributed by atoms with Crippen molar-refractivity contribution in [3.63, 3.8) is 0 Å². The fourth-order valence-electron chi connectivity index (χ4n) is 2.76. The van der Waals surface area contributed by atoms with Gasteiger partial charge in [0.1, 0.15) is 5.75 Å². The molecule has 0 aliphatic rings. The molecule has 0 saturated carbocycles. The van der Waals surface area contributed by atoms with Gasteiger partial charge in [-0.05, 0) is 35.9 Å². The van der Waals surface area contributed by atoms with Gasteiger partial charge in [0.25, 0.3) is 15.7 Å². The Morgan fingerprint density at radius 1 is 1.00 bits per heavy atom. The third-order valence-corrected chi connectivity index (χ3v) is 5.53. The van der Waals surface area contributed by atoms with Gasteiger partial charge < -0.3 is 4.74 Å². The predicted molar refractivity (Wildman–Crippen MR) is 106 cm³/mol. The molecule has 0 aliphatic carbocycles. The van der Waals surface area contributed by atoms with Crippen molar-refractivity contribution in [2.45, 2.75) is 11.3 Å². The van der Waals surface area contributed by atoms with Gasteiger partial charge in [0.05, 0.1) is 16.9 Å². The molecule has 0 aromatic heterocycles. The molecule has 0 radical (unpaired) electrons. The van der Waals surface area contributed by atoms with E-state index in [1.807, 2.05) is 30.3 Å². The first-order valence-electron chi connectivity index (χ1n) is 8.37. The molecule has 3 aromatic carbocycles. The molecule has 1 N–H and O–H groups in total. The van der Waals surface area contributed by atoms with E-state index in [9.17, 15) is 18.5 Å². The molecular formula is C20H18N2O5S. The zero-order valence-electron chi connectivity index (χ0n) is 15.0. The summed E-state index contributed by atoms with van der Waals surface area (Å²) >= 11 is 0. The van der Waals surface area contributed by atoms with E-state index in [1.165, 1.54) is 12.1 Å². The molecule has 0 atom stereocenters. The number of hydrogen-bond acceptors (Lipinski definition) is 5. The van der Waals surface area contributed by atoms with Crippen LogP contribution in [0.3, 0.4) is 0 Å². The highest BCUT2D eigenvalue weighted by Crippen LogP contribution is 2.27. The number of nitro benzene ring substituents is 1. The number of benzene rings is 3. The lowest BCUT2D eigenvalue weighted by atomic mass is 10.0. The first kappa shape index (κ1) is 19.4. The number of non-ortho nitro benzene ring substituents is 1. The van der Waals surface area contributed by atoms with Crippen LogP contribution in [0.1, 0.15) is 11.1 Å². The monoisotopic (exact) mass is 398 g/mol. The smallest absolute Gasteiger partial charge is 0.269 e. The van der Waals surface area contributed by atoms with Gasteiger partial charge in [-0.1, -0.05) is 30.3 Å². The van der Waals surface area contributed by atoms with E-state index in [2.05, 4.69) is 4.72 Å². The van der Waals surface area contributed by atoms with Crippen molar-refractivity contribution in [2.75, 3.05) is 11.8 Å². The lowest BCUT2D eigenvalue weighted by Gasteiger charge is -2.13. The van der Waals surface area contributed by atoms with Gasteiger partial charge >= 0.3 is 0 Å². The van der Waals surface area contributed by atoms with Crippen molar-refractivity contribution in [1.29, 1.82) is 0 Å². The highest BCUT2D eigenvalue weighted by molar-refractivity contribution is 7.92. The first-order chi connectivity index (χ1) is 13.4. The van der Waals surface area contributed by atoms with Gasteiger partial charge in [0.2, 0.25) is 0 Å². The summed E-state index contributed by atoms with van der Waals surface area (Å²) in [5.41, 5.74) is 2.10. The number of sulfonamides is 1. The molecule has 28 heavy (non-hydrogen) atoms. The van der Waals surface area contributed by atoms with Crippen molar-refractivity contribution >= 4 is 21.4 Å². The summed E-state index contributed by atoms with van der Waals surface area (Å²) < 4.78 is 33.1. The predicted octanol–water partition coefficient (Wildman–Crippen LogP) is 4.00. The molecule has 0 unspecified atom stereocenters. The molecule has 3 aromatic rings. The maximum atomic E-state index is 12.6. The molecule has 0 heterocycles. The second kappa shape index (κ2) is 8.10. The second-order valence-corrected chi connectivity index (χ2v) is 7.73. The van der Waals surface area contributed by atoms with Crippen molar-refractivity contribution in [3.8, 4) is 5.75 Å². The van der Waals surface area contributed by atoms with Gasteiger partial charge in [-0.3, -0.25) is 14.8 Å². The Balaban J connectivity index is 1.87. The molecule has 7 nitrogen and oxygen atoms in total. The molecule has 0 fully saturated rings. The Hall–Kier alpha value is -3.39. The lowest BCUT2D eigenvalue weighted by molar-refractivity contribution is -0.384. The van der Waals surface area contributed by atoms with Crippen LogP contribution in [0.4, 0.5) is 11.4 Å². The number of rotatable bonds is 7. The normalized spacial score (nSPS) is 11.0. The number of methoxy groups -OCH3 is 1. The van der Waals surface area contributed by atoms with Gasteiger partial charge in [-0.2, -0.15) is 0 Å². The summed E-state index contributed by atoms with van der Waals surface area (Å²) in [6.07, 6.45) is 0.580. The fraction of sp³-hybridized carbons (Fsp3) is 0.100. The minimum Gasteiger partial charge on any atom is -0.496 e. The molecule has 144 valence electrons. The van der Waals surface area contributed by atoms with E-state index in [4.69, 9.17) is 4.74 Å². The molecule has 0 aliphatic heterocycles. The summed E-state index contributed by atoms with van der Waals surface area (Å²) in [6, 6.07) is 19.5. The SMILES string of the molecule is COc1ccc(NS(=O)(=O)c2ccc([N+](=O)[O-])cc2)cc1Cc1ccccc1. The quantitative estimate of drug-likeness (QED) is 0.479. The van der Waals surface area contributed by atoms with Crippen LogP contribution in [0.2, 0.25) is 0 Å². The van der Waals surface area contributed by atoms with Crippen molar-refractivity contribution in [2.24, 2.45) is 0 Å². The highest BCUT2D eigenvalue weighted by atomic mass is 32.2. The minimum absolute atomic E-state index is 0.0569. The topological polar surface area (TPSA) is 98.5 Å². The number of nitrogens with one attached hydrogen (secondary N) is 1. The minimum atomic E-state index is -3.88. The lowest BCUT2D eigenvalue weighted by Crippen LogP contribution is -2.13. The van der Waals surface area contributed by atoms with Crippen LogP contribution in [-0.4, -0.2) is 20.5 Å². The number of ether oxygens (including phenoxy) is 1. The van der Waals surface area contributed by atoms with Crippen LogP contribution in [0.5, 0.6) is 5.75 Å². The zero-order chi connectivity index (χ0) is 20.1. The van der Waals surface area contributed by atoms with E-state index in [-0.39, 0.29) is 10.6 Å². The maximum Gasteiger partial charge on any atom is 0.269 e. The Bertz CT molecular complexity index is 1080. The van der Waals surface area contributed by atoms with E-state index < -0.39 is 14.9 Å². The zero-order valence-corrected chi connectivity index (χ0v) is 15.8. The fourth-order valence-corrected chi connectivity index (χ4v) is 3.81. The molecule has 8 heteroatoms. The van der Waals surface area contributed by atoms with Crippen LogP contribution < -0.4 is 9.46 Å². The highest BCUT2D eigenvalue weighted by Gasteiger charge is 2.17. The van der Waals surface area contributed by atoms with E-state index in [1.54, 1.807) is 25.3 Å². The number of anilines is 1. The molecule has 0 bridgehead atoms. The molecule has 0 spiro atoms. The molecule has 3 rings (SSSR count). The largest absolute Gasteiger partial charge is 0.496 e. The van der Waals surface area contributed by atoms with Gasteiger partial charge in [-0.15, -0.1) is 0 Å². The van der Waals surface area contributed by atoms with Crippen LogP contribution in [-0.2, 0) is 16.4 Å². The third kappa shape index (κ3) is 4.47. The van der Waals surface area contributed by atoms with Gasteiger partial charge in [0, 0.05) is 29.8 Å². The number of nitro groups is 1. The van der Waals surface area contributed by atoms with Crippen LogP contribution in [0.25, 0.3) is 0 Å². The standard InChI is InChI=1S/C20H18N2O5S/c1-27-20-12-7-17(14-16(20)13-15-5-3-2-4-6-15)21-28(25,26)19-10-8-18(9-11-19)22(23)24/h2-12,14,21H,13H2,1H3. The average Bonchev–Trinajstić information content (AvgIpc) is 2.69. The Kier molecular flexibility index (Phi) is 5.60. The Labute approximate surface area is 162 Å². The van der Waals surface area contributed by atoms with E-state index in [0.717, 1.165) is 23.3 Å². The Morgan fingerprint density at radius 2 is 1.68 bits per heavy atom. The van der Waals surface area contributed by atoms with Crippen LogP contribution in [0.15, 0.2) is 77.7 Å².